The molecule has 1 aromatic carbocycles. The van der Waals surface area contributed by atoms with Gasteiger partial charge in [0.05, 0.1) is 5.25 Å². The van der Waals surface area contributed by atoms with Crippen molar-refractivity contribution in [3.8, 4) is 0 Å². The number of thioether (sulfide) groups is 1. The summed E-state index contributed by atoms with van der Waals surface area (Å²) in [6.45, 7) is 3.77. The number of nitrogens with one attached hydrogen (secondary N) is 1. The summed E-state index contributed by atoms with van der Waals surface area (Å²) in [6.07, 6.45) is 3.36. The number of benzene rings is 1. The number of nitrogens with zero attached hydrogens (tertiary/aromatic N) is 2. The maximum Gasteiger partial charge on any atom is 0.237 e. The van der Waals surface area contributed by atoms with E-state index in [2.05, 4.69) is 15.3 Å². The number of aryl methyl sites for hydroxylation is 3. The van der Waals surface area contributed by atoms with Gasteiger partial charge in [0.1, 0.15) is 15.7 Å². The molecule has 2 aromatic heterocycles. The molecule has 0 aliphatic heterocycles. The van der Waals surface area contributed by atoms with Gasteiger partial charge in [0.25, 0.3) is 0 Å². The van der Waals surface area contributed by atoms with Crippen LogP contribution in [0.3, 0.4) is 0 Å². The number of rotatable bonds is 4. The predicted molar refractivity (Wildman–Crippen MR) is 115 cm³/mol. The van der Waals surface area contributed by atoms with Crippen LogP contribution in [0.15, 0.2) is 23.2 Å². The standard InChI is InChI=1S/C19H17Cl2N3OS2/c1-9(17(25)24-13-7-11(20)6-12(21)8-13)26-18-16-14-4-3-5-15(14)27-19(16)23-10(2)22-18/h6-9H,3-5H2,1-2H3,(H,24,25). The van der Waals surface area contributed by atoms with Crippen molar-refractivity contribution >= 4 is 68.1 Å². The maximum atomic E-state index is 12.7. The highest BCUT2D eigenvalue weighted by atomic mass is 35.5. The molecule has 3 aromatic rings. The van der Waals surface area contributed by atoms with Crippen molar-refractivity contribution in [1.29, 1.82) is 0 Å². The molecule has 1 N–H and O–H groups in total. The molecular formula is C19H17Cl2N3OS2. The van der Waals surface area contributed by atoms with E-state index in [0.29, 0.717) is 15.7 Å². The van der Waals surface area contributed by atoms with E-state index in [1.807, 2.05) is 13.8 Å². The first-order chi connectivity index (χ1) is 12.9. The van der Waals surface area contributed by atoms with Gasteiger partial charge in [0.2, 0.25) is 5.91 Å². The number of hydrogen-bond acceptors (Lipinski definition) is 5. The Balaban J connectivity index is 1.59. The van der Waals surface area contributed by atoms with Gasteiger partial charge in [-0.25, -0.2) is 9.97 Å². The molecule has 140 valence electrons. The van der Waals surface area contributed by atoms with Crippen LogP contribution in [0.2, 0.25) is 10.0 Å². The van der Waals surface area contributed by atoms with Crippen molar-refractivity contribution in [2.75, 3.05) is 5.32 Å². The van der Waals surface area contributed by atoms with Crippen LogP contribution in [0.5, 0.6) is 0 Å². The molecule has 1 aliphatic carbocycles. The van der Waals surface area contributed by atoms with Crippen LogP contribution in [-0.2, 0) is 17.6 Å². The number of aromatic nitrogens is 2. The van der Waals surface area contributed by atoms with Crippen LogP contribution in [-0.4, -0.2) is 21.1 Å². The van der Waals surface area contributed by atoms with Crippen molar-refractivity contribution < 1.29 is 4.79 Å². The fourth-order valence-electron chi connectivity index (χ4n) is 3.24. The number of carbonyl (C=O) groups excluding carboxylic acids is 1. The summed E-state index contributed by atoms with van der Waals surface area (Å²) in [5.41, 5.74) is 1.96. The summed E-state index contributed by atoms with van der Waals surface area (Å²) in [4.78, 5) is 24.4. The molecule has 1 atom stereocenters. The lowest BCUT2D eigenvalue weighted by atomic mass is 10.2. The fraction of sp³-hybridized carbons (Fsp3) is 0.316. The van der Waals surface area contributed by atoms with E-state index < -0.39 is 0 Å². The van der Waals surface area contributed by atoms with Gasteiger partial charge >= 0.3 is 0 Å². The minimum atomic E-state index is -0.322. The lowest BCUT2D eigenvalue weighted by molar-refractivity contribution is -0.115. The van der Waals surface area contributed by atoms with Crippen molar-refractivity contribution in [2.24, 2.45) is 0 Å². The van der Waals surface area contributed by atoms with E-state index in [1.54, 1.807) is 29.5 Å². The van der Waals surface area contributed by atoms with E-state index in [4.69, 9.17) is 23.2 Å². The second-order valence-electron chi connectivity index (χ2n) is 6.52. The molecule has 4 rings (SSSR count). The molecule has 0 saturated carbocycles. The van der Waals surface area contributed by atoms with Gasteiger partial charge in [-0.05, 0) is 56.9 Å². The minimum absolute atomic E-state index is 0.116. The van der Waals surface area contributed by atoms with Crippen LogP contribution in [0.25, 0.3) is 10.2 Å². The Bertz CT molecular complexity index is 1030. The van der Waals surface area contributed by atoms with Crippen molar-refractivity contribution in [2.45, 2.75) is 43.4 Å². The van der Waals surface area contributed by atoms with Gasteiger partial charge in [-0.1, -0.05) is 35.0 Å². The molecule has 0 radical (unpaired) electrons. The average Bonchev–Trinajstić information content (AvgIpc) is 3.13. The van der Waals surface area contributed by atoms with Gasteiger partial charge in [-0.2, -0.15) is 0 Å². The molecule has 1 unspecified atom stereocenters. The Morgan fingerprint density at radius 2 is 1.96 bits per heavy atom. The zero-order valence-electron chi connectivity index (χ0n) is 14.8. The first-order valence-corrected chi connectivity index (χ1v) is 11.1. The van der Waals surface area contributed by atoms with Crippen LogP contribution >= 0.6 is 46.3 Å². The molecule has 0 bridgehead atoms. The lowest BCUT2D eigenvalue weighted by Crippen LogP contribution is -2.22. The Morgan fingerprint density at radius 1 is 1.22 bits per heavy atom. The fourth-order valence-corrected chi connectivity index (χ4v) is 6.16. The summed E-state index contributed by atoms with van der Waals surface area (Å²) in [5, 5.41) is 5.56. The van der Waals surface area contributed by atoms with Crippen molar-refractivity contribution in [3.05, 3.63) is 44.5 Å². The smallest absolute Gasteiger partial charge is 0.237 e. The van der Waals surface area contributed by atoms with E-state index in [-0.39, 0.29) is 11.2 Å². The maximum absolute atomic E-state index is 12.7. The van der Waals surface area contributed by atoms with E-state index in [0.717, 1.165) is 33.9 Å². The summed E-state index contributed by atoms with van der Waals surface area (Å²) in [6, 6.07) is 5.00. The normalized spacial score (nSPS) is 14.4. The van der Waals surface area contributed by atoms with E-state index >= 15 is 0 Å². The number of halogens is 2. The Morgan fingerprint density at radius 3 is 2.70 bits per heavy atom. The average molecular weight is 438 g/mol. The molecule has 1 aliphatic rings. The van der Waals surface area contributed by atoms with Crippen LogP contribution < -0.4 is 5.32 Å². The minimum Gasteiger partial charge on any atom is -0.325 e. The van der Waals surface area contributed by atoms with Crippen molar-refractivity contribution in [1.82, 2.24) is 9.97 Å². The van der Waals surface area contributed by atoms with Gasteiger partial charge in [-0.3, -0.25) is 4.79 Å². The second kappa shape index (κ2) is 7.59. The number of thiophene rings is 1. The Hall–Kier alpha value is -1.34. The molecule has 4 nitrogen and oxygen atoms in total. The first-order valence-electron chi connectivity index (χ1n) is 8.63. The topological polar surface area (TPSA) is 54.9 Å². The lowest BCUT2D eigenvalue weighted by Gasteiger charge is -2.13. The highest BCUT2D eigenvalue weighted by Crippen LogP contribution is 2.41. The predicted octanol–water partition coefficient (Wildman–Crippen LogP) is 5.91. The second-order valence-corrected chi connectivity index (χ2v) is 9.81. The van der Waals surface area contributed by atoms with Gasteiger partial charge in [-0.15, -0.1) is 11.3 Å². The summed E-state index contributed by atoms with van der Waals surface area (Å²) in [5.74, 6) is 0.619. The molecule has 8 heteroatoms. The Labute approximate surface area is 175 Å². The van der Waals surface area contributed by atoms with Gasteiger partial charge in [0.15, 0.2) is 0 Å². The van der Waals surface area contributed by atoms with Crippen LogP contribution in [0, 0.1) is 6.92 Å². The zero-order chi connectivity index (χ0) is 19.1. The molecule has 0 saturated heterocycles. The van der Waals surface area contributed by atoms with Crippen LogP contribution in [0.4, 0.5) is 5.69 Å². The van der Waals surface area contributed by atoms with Crippen LogP contribution in [0.1, 0.15) is 29.6 Å². The molecule has 0 fully saturated rings. The summed E-state index contributed by atoms with van der Waals surface area (Å²) in [7, 11) is 0. The SMILES string of the molecule is Cc1nc(SC(C)C(=O)Nc2cc(Cl)cc(Cl)c2)c2c3c(sc2n1)CCC3. The third kappa shape index (κ3) is 3.94. The van der Waals surface area contributed by atoms with E-state index in [1.165, 1.54) is 28.6 Å². The number of amides is 1. The number of fused-ring (bicyclic) bond motifs is 3. The highest BCUT2D eigenvalue weighted by molar-refractivity contribution is 8.00. The first kappa shape index (κ1) is 19.0. The summed E-state index contributed by atoms with van der Waals surface area (Å²) < 4.78 is 0. The van der Waals surface area contributed by atoms with Crippen molar-refractivity contribution in [3.63, 3.8) is 0 Å². The van der Waals surface area contributed by atoms with Gasteiger partial charge < -0.3 is 5.32 Å². The van der Waals surface area contributed by atoms with Gasteiger partial charge in [0, 0.05) is 26.0 Å². The Kier molecular flexibility index (Phi) is 5.34. The third-order valence-corrected chi connectivity index (χ3v) is 7.14. The number of anilines is 1. The quantitative estimate of drug-likeness (QED) is 0.406. The number of carbonyl (C=O) groups is 1. The number of hydrogen-bond donors (Lipinski definition) is 1. The zero-order valence-corrected chi connectivity index (χ0v) is 18.0. The monoisotopic (exact) mass is 437 g/mol. The molecule has 27 heavy (non-hydrogen) atoms. The molecular weight excluding hydrogens is 421 g/mol. The largest absolute Gasteiger partial charge is 0.325 e. The molecule has 1 amide bonds. The van der Waals surface area contributed by atoms with E-state index in [9.17, 15) is 4.79 Å². The third-order valence-electron chi connectivity index (χ3n) is 4.43. The molecule has 0 spiro atoms. The molecule has 2 heterocycles. The summed E-state index contributed by atoms with van der Waals surface area (Å²) >= 11 is 15.3. The highest BCUT2D eigenvalue weighted by Gasteiger charge is 2.24.